The van der Waals surface area contributed by atoms with Gasteiger partial charge in [-0.1, -0.05) is 12.8 Å². The Labute approximate surface area is 139 Å². The number of aliphatic hydroxyl groups excluding tert-OH is 3. The molecule has 0 aromatic heterocycles. The molecule has 0 aromatic carbocycles. The van der Waals surface area contributed by atoms with Crippen molar-refractivity contribution in [3.63, 3.8) is 0 Å². The lowest BCUT2D eigenvalue weighted by Crippen LogP contribution is -2.53. The summed E-state index contributed by atoms with van der Waals surface area (Å²) in [6.07, 6.45) is 1.39. The Kier molecular flexibility index (Phi) is 8.66. The van der Waals surface area contributed by atoms with Crippen LogP contribution in [0.4, 0.5) is 0 Å². The maximum absolute atomic E-state index is 12.5. The molecule has 1 fully saturated rings. The van der Waals surface area contributed by atoms with E-state index in [0.717, 1.165) is 0 Å². The first-order valence-corrected chi connectivity index (χ1v) is 7.88. The number of rotatable bonds is 9. The summed E-state index contributed by atoms with van der Waals surface area (Å²) in [5.74, 6) is -3.80. The summed E-state index contributed by atoms with van der Waals surface area (Å²) in [6, 6.07) is 0. The van der Waals surface area contributed by atoms with Crippen LogP contribution in [0.25, 0.3) is 0 Å². The lowest BCUT2D eigenvalue weighted by molar-refractivity contribution is -0.188. The molecular formula is C15H24O9. The lowest BCUT2D eigenvalue weighted by atomic mass is 9.66. The van der Waals surface area contributed by atoms with Gasteiger partial charge >= 0.3 is 17.9 Å². The van der Waals surface area contributed by atoms with E-state index in [1.165, 1.54) is 0 Å². The Morgan fingerprint density at radius 3 is 1.83 bits per heavy atom. The molecule has 0 bridgehead atoms. The van der Waals surface area contributed by atoms with E-state index in [2.05, 4.69) is 0 Å². The number of hydrogen-bond donors (Lipinski definition) is 3. The third kappa shape index (κ3) is 4.65. The molecule has 1 saturated carbocycles. The highest BCUT2D eigenvalue weighted by Crippen LogP contribution is 2.44. The minimum absolute atomic E-state index is 0.0421. The van der Waals surface area contributed by atoms with Gasteiger partial charge in [0.05, 0.1) is 25.7 Å². The minimum Gasteiger partial charge on any atom is -0.463 e. The molecule has 1 unspecified atom stereocenters. The second-order valence-electron chi connectivity index (χ2n) is 5.38. The Bertz CT molecular complexity index is 415. The van der Waals surface area contributed by atoms with E-state index in [1.807, 2.05) is 0 Å². The van der Waals surface area contributed by atoms with Gasteiger partial charge in [0, 0.05) is 0 Å². The van der Waals surface area contributed by atoms with Crippen LogP contribution in [0.5, 0.6) is 0 Å². The zero-order chi connectivity index (χ0) is 18.0. The predicted octanol–water partition coefficient (Wildman–Crippen LogP) is -1.23. The van der Waals surface area contributed by atoms with Crippen LogP contribution in [0.15, 0.2) is 0 Å². The summed E-state index contributed by atoms with van der Waals surface area (Å²) in [5.41, 5.74) is -1.87. The van der Waals surface area contributed by atoms with Crippen LogP contribution in [-0.2, 0) is 28.6 Å². The molecule has 0 heterocycles. The van der Waals surface area contributed by atoms with E-state index < -0.39 is 42.5 Å². The van der Waals surface area contributed by atoms with Gasteiger partial charge in [-0.25, -0.2) is 0 Å². The number of carbonyl (C=O) groups is 3. The first-order valence-electron chi connectivity index (χ1n) is 7.88. The summed E-state index contributed by atoms with van der Waals surface area (Å²) < 4.78 is 14.7. The topological polar surface area (TPSA) is 140 Å². The fraction of sp³-hybridized carbons (Fsp3) is 0.800. The molecule has 0 radical (unpaired) electrons. The maximum atomic E-state index is 12.5. The third-order valence-corrected chi connectivity index (χ3v) is 3.91. The SMILES string of the molecule is O=C(OCCO)C1CCCCC1(C(=O)OCCO)C(=O)OCCO. The van der Waals surface area contributed by atoms with Gasteiger partial charge in [0.1, 0.15) is 19.8 Å². The highest BCUT2D eigenvalue weighted by atomic mass is 16.6. The molecule has 3 N–H and O–H groups in total. The molecule has 0 spiro atoms. The van der Waals surface area contributed by atoms with Crippen LogP contribution in [-0.4, -0.2) is 72.9 Å². The normalized spacial score (nSPS) is 19.4. The van der Waals surface area contributed by atoms with Crippen LogP contribution < -0.4 is 0 Å². The number of aliphatic hydroxyl groups is 3. The molecule has 1 aliphatic carbocycles. The van der Waals surface area contributed by atoms with Crippen molar-refractivity contribution in [2.45, 2.75) is 25.7 Å². The standard InChI is InChI=1S/C15H24O9/c16-5-8-22-12(19)11-3-1-2-4-15(11,13(20)23-9-6-17)14(21)24-10-7-18/h11,16-18H,1-10H2. The predicted molar refractivity (Wildman–Crippen MR) is 78.5 cm³/mol. The van der Waals surface area contributed by atoms with Crippen molar-refractivity contribution >= 4 is 17.9 Å². The van der Waals surface area contributed by atoms with Crippen molar-refractivity contribution in [3.8, 4) is 0 Å². The Hall–Kier alpha value is -1.71. The third-order valence-electron chi connectivity index (χ3n) is 3.91. The summed E-state index contributed by atoms with van der Waals surface area (Å²) in [5, 5.41) is 26.4. The molecule has 1 rings (SSSR count). The average molecular weight is 348 g/mol. The van der Waals surface area contributed by atoms with Gasteiger partial charge in [-0.2, -0.15) is 0 Å². The second kappa shape index (κ2) is 10.2. The quantitative estimate of drug-likeness (QED) is 0.265. The first-order chi connectivity index (χ1) is 11.5. The molecule has 138 valence electrons. The van der Waals surface area contributed by atoms with Crippen LogP contribution in [0.3, 0.4) is 0 Å². The van der Waals surface area contributed by atoms with Crippen molar-refractivity contribution in [2.75, 3.05) is 39.6 Å². The summed E-state index contributed by atoms with van der Waals surface area (Å²) in [7, 11) is 0. The summed E-state index contributed by atoms with van der Waals surface area (Å²) >= 11 is 0. The maximum Gasteiger partial charge on any atom is 0.324 e. The molecule has 9 nitrogen and oxygen atoms in total. The minimum atomic E-state index is -1.87. The van der Waals surface area contributed by atoms with Crippen molar-refractivity contribution in [1.29, 1.82) is 0 Å². The van der Waals surface area contributed by atoms with E-state index in [9.17, 15) is 14.4 Å². The lowest BCUT2D eigenvalue weighted by Gasteiger charge is -2.38. The van der Waals surface area contributed by atoms with Crippen molar-refractivity contribution in [2.24, 2.45) is 11.3 Å². The molecule has 24 heavy (non-hydrogen) atoms. The van der Waals surface area contributed by atoms with Gasteiger partial charge in [0.25, 0.3) is 0 Å². The zero-order valence-electron chi connectivity index (χ0n) is 13.4. The van der Waals surface area contributed by atoms with Gasteiger partial charge in [0.15, 0.2) is 5.41 Å². The Morgan fingerprint density at radius 1 is 0.833 bits per heavy atom. The number of esters is 3. The second-order valence-corrected chi connectivity index (χ2v) is 5.38. The van der Waals surface area contributed by atoms with Crippen LogP contribution in [0, 0.1) is 11.3 Å². The van der Waals surface area contributed by atoms with Crippen molar-refractivity contribution in [1.82, 2.24) is 0 Å². The summed E-state index contributed by atoms with van der Waals surface area (Å²) in [6.45, 7) is -2.10. The Balaban J connectivity index is 3.11. The molecule has 1 aliphatic rings. The van der Waals surface area contributed by atoms with E-state index in [1.54, 1.807) is 0 Å². The number of carbonyl (C=O) groups excluding carboxylic acids is 3. The molecule has 0 amide bonds. The molecule has 0 saturated heterocycles. The van der Waals surface area contributed by atoms with Gasteiger partial charge in [-0.3, -0.25) is 14.4 Å². The van der Waals surface area contributed by atoms with E-state index in [4.69, 9.17) is 29.5 Å². The van der Waals surface area contributed by atoms with Crippen LogP contribution >= 0.6 is 0 Å². The summed E-state index contributed by atoms with van der Waals surface area (Å²) in [4.78, 5) is 37.3. The fourth-order valence-electron chi connectivity index (χ4n) is 2.85. The molecule has 0 aromatic rings. The van der Waals surface area contributed by atoms with Gasteiger partial charge in [0.2, 0.25) is 0 Å². The molecule has 0 aliphatic heterocycles. The number of ether oxygens (including phenoxy) is 3. The molecule has 1 atom stereocenters. The highest BCUT2D eigenvalue weighted by molar-refractivity contribution is 6.04. The van der Waals surface area contributed by atoms with Crippen molar-refractivity contribution in [3.05, 3.63) is 0 Å². The van der Waals surface area contributed by atoms with Crippen LogP contribution in [0.2, 0.25) is 0 Å². The van der Waals surface area contributed by atoms with E-state index in [-0.39, 0.29) is 39.3 Å². The highest BCUT2D eigenvalue weighted by Gasteiger charge is 2.59. The smallest absolute Gasteiger partial charge is 0.324 e. The first kappa shape index (κ1) is 20.3. The largest absolute Gasteiger partial charge is 0.463 e. The van der Waals surface area contributed by atoms with Gasteiger partial charge in [-0.15, -0.1) is 0 Å². The fourth-order valence-corrected chi connectivity index (χ4v) is 2.85. The molecule has 9 heteroatoms. The van der Waals surface area contributed by atoms with Crippen LogP contribution in [0.1, 0.15) is 25.7 Å². The van der Waals surface area contributed by atoms with Gasteiger partial charge in [-0.05, 0) is 12.8 Å². The molecular weight excluding hydrogens is 324 g/mol. The van der Waals surface area contributed by atoms with E-state index >= 15 is 0 Å². The Morgan fingerprint density at radius 2 is 1.33 bits per heavy atom. The van der Waals surface area contributed by atoms with Gasteiger partial charge < -0.3 is 29.5 Å². The number of hydrogen-bond acceptors (Lipinski definition) is 9. The monoisotopic (exact) mass is 348 g/mol. The van der Waals surface area contributed by atoms with Crippen molar-refractivity contribution < 1.29 is 43.9 Å². The zero-order valence-corrected chi connectivity index (χ0v) is 13.4. The average Bonchev–Trinajstić information content (AvgIpc) is 2.61. The van der Waals surface area contributed by atoms with E-state index in [0.29, 0.717) is 12.8 Å².